The number of carbonyl (C=O) groups is 2. The standard InChI is InChI=1S/C12H8N2O4/c15-7-17-10-4-6-14-11(12(10)18-8-16)9-3-1-2-5-13-9/h1-8H. The van der Waals surface area contributed by atoms with Crippen molar-refractivity contribution in [1.82, 2.24) is 9.97 Å². The van der Waals surface area contributed by atoms with E-state index < -0.39 is 0 Å². The molecule has 6 heteroatoms. The lowest BCUT2D eigenvalue weighted by Crippen LogP contribution is -2.00. The molecule has 0 aliphatic carbocycles. The van der Waals surface area contributed by atoms with Gasteiger partial charge < -0.3 is 9.47 Å². The zero-order valence-corrected chi connectivity index (χ0v) is 9.15. The summed E-state index contributed by atoms with van der Waals surface area (Å²) in [5, 5.41) is 0. The zero-order valence-electron chi connectivity index (χ0n) is 9.15. The quantitative estimate of drug-likeness (QED) is 0.735. The van der Waals surface area contributed by atoms with Crippen LogP contribution in [-0.4, -0.2) is 22.9 Å². The minimum Gasteiger partial charge on any atom is -0.425 e. The molecule has 0 bridgehead atoms. The van der Waals surface area contributed by atoms with Crippen molar-refractivity contribution in [3.8, 4) is 22.9 Å². The first-order chi connectivity index (χ1) is 8.86. The molecule has 0 aliphatic rings. The molecule has 18 heavy (non-hydrogen) atoms. The van der Waals surface area contributed by atoms with Gasteiger partial charge in [0, 0.05) is 18.5 Å². The van der Waals surface area contributed by atoms with Gasteiger partial charge in [-0.2, -0.15) is 0 Å². The Labute approximate surface area is 102 Å². The number of carbonyl (C=O) groups excluding carboxylic acids is 2. The summed E-state index contributed by atoms with van der Waals surface area (Å²) >= 11 is 0. The highest BCUT2D eigenvalue weighted by molar-refractivity contribution is 5.70. The Morgan fingerprint density at radius 2 is 1.78 bits per heavy atom. The van der Waals surface area contributed by atoms with Crippen LogP contribution in [0.3, 0.4) is 0 Å². The Morgan fingerprint density at radius 3 is 2.44 bits per heavy atom. The van der Waals surface area contributed by atoms with Gasteiger partial charge in [0.1, 0.15) is 5.69 Å². The first-order valence-electron chi connectivity index (χ1n) is 4.98. The predicted octanol–water partition coefficient (Wildman–Crippen LogP) is 1.21. The summed E-state index contributed by atoms with van der Waals surface area (Å²) in [5.74, 6) is 0.158. The maximum Gasteiger partial charge on any atom is 0.298 e. The summed E-state index contributed by atoms with van der Waals surface area (Å²) in [6.45, 7) is 0.482. The van der Waals surface area contributed by atoms with Gasteiger partial charge in [-0.05, 0) is 12.1 Å². The number of hydrogen-bond donors (Lipinski definition) is 0. The van der Waals surface area contributed by atoms with Crippen LogP contribution < -0.4 is 9.47 Å². The molecule has 0 unspecified atom stereocenters. The van der Waals surface area contributed by atoms with Crippen LogP contribution in [0, 0.1) is 0 Å². The number of aromatic nitrogens is 2. The molecule has 2 aromatic heterocycles. The average Bonchev–Trinajstić information content (AvgIpc) is 2.42. The molecule has 0 aliphatic heterocycles. The summed E-state index contributed by atoms with van der Waals surface area (Å²) < 4.78 is 9.53. The molecule has 6 nitrogen and oxygen atoms in total. The Morgan fingerprint density at radius 1 is 0.944 bits per heavy atom. The van der Waals surface area contributed by atoms with Crippen molar-refractivity contribution < 1.29 is 19.1 Å². The predicted molar refractivity (Wildman–Crippen MR) is 60.9 cm³/mol. The summed E-state index contributed by atoms with van der Waals surface area (Å²) in [7, 11) is 0. The number of rotatable bonds is 5. The van der Waals surface area contributed by atoms with Crippen LogP contribution in [0.25, 0.3) is 11.4 Å². The van der Waals surface area contributed by atoms with E-state index in [1.807, 2.05) is 0 Å². The minimum absolute atomic E-state index is 0.0540. The molecule has 0 spiro atoms. The third-order valence-corrected chi connectivity index (χ3v) is 2.12. The van der Waals surface area contributed by atoms with E-state index in [9.17, 15) is 9.59 Å². The minimum atomic E-state index is 0.0540. The van der Waals surface area contributed by atoms with Crippen LogP contribution in [0.2, 0.25) is 0 Å². The summed E-state index contributed by atoms with van der Waals surface area (Å²) in [6, 6.07) is 6.63. The van der Waals surface area contributed by atoms with E-state index >= 15 is 0 Å². The zero-order chi connectivity index (χ0) is 12.8. The lowest BCUT2D eigenvalue weighted by molar-refractivity contribution is -0.123. The summed E-state index contributed by atoms with van der Waals surface area (Å²) in [5.41, 5.74) is 0.827. The van der Waals surface area contributed by atoms with Crippen molar-refractivity contribution in [3.63, 3.8) is 0 Å². The average molecular weight is 244 g/mol. The van der Waals surface area contributed by atoms with E-state index in [4.69, 9.17) is 9.47 Å². The van der Waals surface area contributed by atoms with Gasteiger partial charge in [-0.3, -0.25) is 19.6 Å². The second kappa shape index (κ2) is 5.53. The van der Waals surface area contributed by atoms with E-state index in [1.54, 1.807) is 24.4 Å². The lowest BCUT2D eigenvalue weighted by Gasteiger charge is -2.08. The Kier molecular flexibility index (Phi) is 3.60. The Balaban J connectivity index is 2.55. The van der Waals surface area contributed by atoms with Crippen LogP contribution in [0.1, 0.15) is 0 Å². The second-order valence-corrected chi connectivity index (χ2v) is 3.13. The smallest absolute Gasteiger partial charge is 0.298 e. The molecule has 2 aromatic rings. The maximum absolute atomic E-state index is 10.5. The molecule has 0 radical (unpaired) electrons. The molecule has 0 amide bonds. The van der Waals surface area contributed by atoms with Crippen LogP contribution in [0.4, 0.5) is 0 Å². The molecule has 0 aromatic carbocycles. The monoisotopic (exact) mass is 244 g/mol. The van der Waals surface area contributed by atoms with Crippen LogP contribution in [0.15, 0.2) is 36.7 Å². The molecule has 2 heterocycles. The van der Waals surface area contributed by atoms with Crippen molar-refractivity contribution in [2.24, 2.45) is 0 Å². The fraction of sp³-hybridized carbons (Fsp3) is 0. The highest BCUT2D eigenvalue weighted by Gasteiger charge is 2.15. The fourth-order valence-electron chi connectivity index (χ4n) is 1.42. The van der Waals surface area contributed by atoms with Gasteiger partial charge in [-0.25, -0.2) is 0 Å². The number of hydrogen-bond acceptors (Lipinski definition) is 6. The van der Waals surface area contributed by atoms with Gasteiger partial charge in [0.15, 0.2) is 5.75 Å². The van der Waals surface area contributed by atoms with Gasteiger partial charge >= 0.3 is 0 Å². The molecular formula is C12H8N2O4. The normalized spacial score (nSPS) is 9.56. The molecular weight excluding hydrogens is 236 g/mol. The molecule has 0 saturated carbocycles. The number of nitrogens with zero attached hydrogens (tertiary/aromatic N) is 2. The van der Waals surface area contributed by atoms with Gasteiger partial charge in [-0.15, -0.1) is 0 Å². The van der Waals surface area contributed by atoms with Crippen molar-refractivity contribution in [3.05, 3.63) is 36.7 Å². The van der Waals surface area contributed by atoms with E-state index in [0.29, 0.717) is 11.4 Å². The third-order valence-electron chi connectivity index (χ3n) is 2.12. The fourth-order valence-corrected chi connectivity index (χ4v) is 1.42. The molecule has 0 fully saturated rings. The van der Waals surface area contributed by atoms with Crippen molar-refractivity contribution >= 4 is 12.9 Å². The number of pyridine rings is 2. The molecule has 0 atom stereocenters. The topological polar surface area (TPSA) is 78.4 Å². The first kappa shape index (κ1) is 11.7. The van der Waals surface area contributed by atoms with Crippen molar-refractivity contribution in [1.29, 1.82) is 0 Å². The van der Waals surface area contributed by atoms with Crippen LogP contribution in [-0.2, 0) is 9.59 Å². The SMILES string of the molecule is O=COc1ccnc(-c2ccccn2)c1OC=O. The molecule has 0 N–H and O–H groups in total. The summed E-state index contributed by atoms with van der Waals surface area (Å²) in [4.78, 5) is 29.0. The molecule has 90 valence electrons. The molecule has 0 saturated heterocycles. The Hall–Kier alpha value is -2.76. The molecule has 2 rings (SSSR count). The highest BCUT2D eigenvalue weighted by Crippen LogP contribution is 2.34. The number of ether oxygens (including phenoxy) is 2. The van der Waals surface area contributed by atoms with E-state index in [0.717, 1.165) is 0 Å². The van der Waals surface area contributed by atoms with Gasteiger partial charge in [-0.1, -0.05) is 6.07 Å². The van der Waals surface area contributed by atoms with E-state index in [-0.39, 0.29) is 24.4 Å². The summed E-state index contributed by atoms with van der Waals surface area (Å²) in [6.07, 6.45) is 3.01. The largest absolute Gasteiger partial charge is 0.425 e. The lowest BCUT2D eigenvalue weighted by atomic mass is 10.2. The maximum atomic E-state index is 10.5. The van der Waals surface area contributed by atoms with Gasteiger partial charge in [0.05, 0.1) is 5.69 Å². The highest BCUT2D eigenvalue weighted by atomic mass is 16.6. The Bertz CT molecular complexity index is 557. The van der Waals surface area contributed by atoms with Gasteiger partial charge in [0.2, 0.25) is 5.75 Å². The third kappa shape index (κ3) is 2.32. The van der Waals surface area contributed by atoms with Crippen molar-refractivity contribution in [2.45, 2.75) is 0 Å². The second-order valence-electron chi connectivity index (χ2n) is 3.13. The first-order valence-corrected chi connectivity index (χ1v) is 4.98. The van der Waals surface area contributed by atoms with Gasteiger partial charge in [0.25, 0.3) is 12.9 Å². The van der Waals surface area contributed by atoms with E-state index in [1.165, 1.54) is 12.3 Å². The van der Waals surface area contributed by atoms with Crippen LogP contribution in [0.5, 0.6) is 11.5 Å². The van der Waals surface area contributed by atoms with Crippen molar-refractivity contribution in [2.75, 3.05) is 0 Å². The van der Waals surface area contributed by atoms with Crippen LogP contribution >= 0.6 is 0 Å². The van der Waals surface area contributed by atoms with E-state index in [2.05, 4.69) is 9.97 Å².